The van der Waals surface area contributed by atoms with Crippen LogP contribution in [-0.4, -0.2) is 39.1 Å². The highest BCUT2D eigenvalue weighted by Gasteiger charge is 2.25. The van der Waals surface area contributed by atoms with Crippen LogP contribution in [0.4, 0.5) is 0 Å². The van der Waals surface area contributed by atoms with Gasteiger partial charge in [0.15, 0.2) is 5.78 Å². The number of carbonyl (C=O) groups is 1. The van der Waals surface area contributed by atoms with Gasteiger partial charge in [-0.3, -0.25) is 14.2 Å². The van der Waals surface area contributed by atoms with E-state index >= 15 is 0 Å². The number of Topliss-reactive ketones (excluding diaryl/α,β-unsaturated/α-hetero) is 1. The number of aliphatic hydroxyl groups excluding tert-OH is 1. The third kappa shape index (κ3) is 5.07. The van der Waals surface area contributed by atoms with Gasteiger partial charge in [0.2, 0.25) is 0 Å². The lowest BCUT2D eigenvalue weighted by Crippen LogP contribution is -2.46. The van der Waals surface area contributed by atoms with Crippen LogP contribution < -0.4 is 15.6 Å². The Morgan fingerprint density at radius 2 is 2.03 bits per heavy atom. The largest absolute Gasteiger partial charge is 0.456 e. The standard InChI is InChI=1S/C22H21Cl2N3O4/c23-13-3-5-15(6-4-13)31-21-9-16-18(10-17(21)24)26-12-27(22(16)30)11-14(28)8-19-20(29)2-1-7-25-19/h3-6,9-10,12,19-20,25,29H,1-2,7-8,11H2/t19-,20+/m1/s1. The summed E-state index contributed by atoms with van der Waals surface area (Å²) < 4.78 is 7.05. The molecule has 2 aromatic carbocycles. The normalized spacial score (nSPS) is 18.8. The van der Waals surface area contributed by atoms with Gasteiger partial charge in [0, 0.05) is 17.5 Å². The molecule has 7 nitrogen and oxygen atoms in total. The highest BCUT2D eigenvalue weighted by atomic mass is 35.5. The molecule has 0 spiro atoms. The van der Waals surface area contributed by atoms with Crippen molar-refractivity contribution in [2.45, 2.75) is 38.0 Å². The van der Waals surface area contributed by atoms with E-state index in [4.69, 9.17) is 27.9 Å². The number of hydrogen-bond donors (Lipinski definition) is 2. The first-order chi connectivity index (χ1) is 14.9. The molecular weight excluding hydrogens is 441 g/mol. The van der Waals surface area contributed by atoms with E-state index in [1.54, 1.807) is 30.3 Å². The fourth-order valence-electron chi connectivity index (χ4n) is 3.62. The Bertz CT molecular complexity index is 1160. The lowest BCUT2D eigenvalue weighted by molar-refractivity contribution is -0.121. The van der Waals surface area contributed by atoms with E-state index < -0.39 is 6.10 Å². The fraction of sp³-hybridized carbons (Fsp3) is 0.318. The molecule has 1 saturated heterocycles. The van der Waals surface area contributed by atoms with Crippen molar-refractivity contribution in [2.75, 3.05) is 6.54 Å². The number of rotatable bonds is 6. The van der Waals surface area contributed by atoms with Gasteiger partial charge in [-0.2, -0.15) is 0 Å². The maximum Gasteiger partial charge on any atom is 0.261 e. The van der Waals surface area contributed by atoms with Gasteiger partial charge in [-0.15, -0.1) is 0 Å². The van der Waals surface area contributed by atoms with E-state index in [2.05, 4.69) is 10.3 Å². The number of benzene rings is 2. The second-order valence-corrected chi connectivity index (χ2v) is 8.39. The summed E-state index contributed by atoms with van der Waals surface area (Å²) in [6.45, 7) is 0.645. The zero-order valence-corrected chi connectivity index (χ0v) is 18.1. The molecule has 0 radical (unpaired) electrons. The minimum absolute atomic E-state index is 0.122. The van der Waals surface area contributed by atoms with E-state index in [1.807, 2.05) is 0 Å². The van der Waals surface area contributed by atoms with Gasteiger partial charge in [0.05, 0.1) is 34.9 Å². The maximum atomic E-state index is 13.0. The number of nitrogens with zero attached hydrogens (tertiary/aromatic N) is 2. The van der Waals surface area contributed by atoms with Gasteiger partial charge in [0.1, 0.15) is 11.5 Å². The van der Waals surface area contributed by atoms with Crippen LogP contribution in [-0.2, 0) is 11.3 Å². The second kappa shape index (κ2) is 9.36. The SMILES string of the molecule is O=C(C[C@H]1NCCC[C@@H]1O)Cn1cnc2cc(Cl)c(Oc3ccc(Cl)cc3)cc2c1=O. The molecule has 0 unspecified atom stereocenters. The zero-order valence-electron chi connectivity index (χ0n) is 16.6. The summed E-state index contributed by atoms with van der Waals surface area (Å²) in [5, 5.41) is 14.4. The molecule has 4 rings (SSSR count). The van der Waals surface area contributed by atoms with Crippen molar-refractivity contribution in [1.82, 2.24) is 14.9 Å². The first kappa shape index (κ1) is 21.8. The summed E-state index contributed by atoms with van der Waals surface area (Å²) in [5.74, 6) is 0.658. The Hall–Kier alpha value is -2.45. The summed E-state index contributed by atoms with van der Waals surface area (Å²) in [4.78, 5) is 29.7. The average Bonchev–Trinajstić information content (AvgIpc) is 2.74. The van der Waals surface area contributed by atoms with Gasteiger partial charge in [-0.25, -0.2) is 4.98 Å². The van der Waals surface area contributed by atoms with Gasteiger partial charge in [0.25, 0.3) is 5.56 Å². The quantitative estimate of drug-likeness (QED) is 0.582. The van der Waals surface area contributed by atoms with Crippen molar-refractivity contribution >= 4 is 39.9 Å². The molecule has 2 atom stereocenters. The first-order valence-electron chi connectivity index (χ1n) is 9.96. The molecule has 2 N–H and O–H groups in total. The second-order valence-electron chi connectivity index (χ2n) is 7.55. The molecular formula is C22H21Cl2N3O4. The lowest BCUT2D eigenvalue weighted by atomic mass is 9.97. The maximum absolute atomic E-state index is 13.0. The third-order valence-electron chi connectivity index (χ3n) is 5.26. The van der Waals surface area contributed by atoms with Gasteiger partial charge in [-0.05, 0) is 55.8 Å². The highest BCUT2D eigenvalue weighted by molar-refractivity contribution is 6.32. The molecule has 1 aliphatic rings. The number of hydrogen-bond acceptors (Lipinski definition) is 6. The van der Waals surface area contributed by atoms with E-state index in [1.165, 1.54) is 17.0 Å². The van der Waals surface area contributed by atoms with E-state index in [-0.39, 0.29) is 30.3 Å². The number of aromatic nitrogens is 2. The van der Waals surface area contributed by atoms with Crippen LogP contribution in [0.3, 0.4) is 0 Å². The minimum atomic E-state index is -0.557. The highest BCUT2D eigenvalue weighted by Crippen LogP contribution is 2.32. The number of carbonyl (C=O) groups excluding carboxylic acids is 1. The molecule has 1 aliphatic heterocycles. The van der Waals surface area contributed by atoms with Crippen molar-refractivity contribution < 1.29 is 14.6 Å². The summed E-state index contributed by atoms with van der Waals surface area (Å²) in [7, 11) is 0. The summed E-state index contributed by atoms with van der Waals surface area (Å²) >= 11 is 12.2. The molecule has 1 fully saturated rings. The summed E-state index contributed by atoms with van der Waals surface area (Å²) in [6.07, 6.45) is 2.47. The van der Waals surface area contributed by atoms with Gasteiger partial charge >= 0.3 is 0 Å². The Morgan fingerprint density at radius 1 is 1.26 bits per heavy atom. The fourth-order valence-corrected chi connectivity index (χ4v) is 3.95. The Morgan fingerprint density at radius 3 is 2.77 bits per heavy atom. The van der Waals surface area contributed by atoms with Crippen LogP contribution in [0.5, 0.6) is 11.5 Å². The predicted octanol–water partition coefficient (Wildman–Crippen LogP) is 3.57. The molecule has 1 aromatic heterocycles. The van der Waals surface area contributed by atoms with Crippen LogP contribution in [0.1, 0.15) is 19.3 Å². The van der Waals surface area contributed by atoms with Gasteiger partial charge < -0.3 is 15.2 Å². The smallest absolute Gasteiger partial charge is 0.261 e. The van der Waals surface area contributed by atoms with E-state index in [0.29, 0.717) is 38.9 Å². The molecule has 0 aliphatic carbocycles. The van der Waals surface area contributed by atoms with Crippen molar-refractivity contribution in [2.24, 2.45) is 0 Å². The number of halogens is 2. The van der Waals surface area contributed by atoms with E-state index in [9.17, 15) is 14.7 Å². The topological polar surface area (TPSA) is 93.5 Å². The molecule has 3 aromatic rings. The summed E-state index contributed by atoms with van der Waals surface area (Å²) in [5.41, 5.74) is 0.0413. The number of aliphatic hydroxyl groups is 1. The molecule has 31 heavy (non-hydrogen) atoms. The Balaban J connectivity index is 1.57. The molecule has 2 heterocycles. The molecule has 162 valence electrons. The van der Waals surface area contributed by atoms with Crippen molar-refractivity contribution in [3.05, 3.63) is 63.1 Å². The Labute approximate surface area is 188 Å². The first-order valence-corrected chi connectivity index (χ1v) is 10.7. The summed E-state index contributed by atoms with van der Waals surface area (Å²) in [6, 6.07) is 9.54. The molecule has 0 saturated carbocycles. The molecule has 0 amide bonds. The number of nitrogens with one attached hydrogen (secondary N) is 1. The minimum Gasteiger partial charge on any atom is -0.456 e. The monoisotopic (exact) mass is 461 g/mol. The zero-order chi connectivity index (χ0) is 22.0. The van der Waals surface area contributed by atoms with Gasteiger partial charge in [-0.1, -0.05) is 23.2 Å². The van der Waals surface area contributed by atoms with E-state index in [0.717, 1.165) is 13.0 Å². The predicted molar refractivity (Wildman–Crippen MR) is 119 cm³/mol. The lowest BCUT2D eigenvalue weighted by Gasteiger charge is -2.28. The van der Waals surface area contributed by atoms with Crippen molar-refractivity contribution in [3.63, 3.8) is 0 Å². The van der Waals surface area contributed by atoms with Crippen LogP contribution in [0, 0.1) is 0 Å². The third-order valence-corrected chi connectivity index (χ3v) is 5.81. The average molecular weight is 462 g/mol. The van der Waals surface area contributed by atoms with Crippen molar-refractivity contribution in [3.8, 4) is 11.5 Å². The van der Waals surface area contributed by atoms with Crippen molar-refractivity contribution in [1.29, 1.82) is 0 Å². The van der Waals surface area contributed by atoms with Crippen LogP contribution in [0.2, 0.25) is 10.0 Å². The molecule has 0 bridgehead atoms. The Kier molecular flexibility index (Phi) is 6.57. The van der Waals surface area contributed by atoms with Crippen LogP contribution in [0.25, 0.3) is 10.9 Å². The number of ether oxygens (including phenoxy) is 1. The number of ketones is 1. The number of fused-ring (bicyclic) bond motifs is 1. The number of piperidine rings is 1. The van der Waals surface area contributed by atoms with Crippen LogP contribution in [0.15, 0.2) is 47.5 Å². The van der Waals surface area contributed by atoms with Crippen LogP contribution >= 0.6 is 23.2 Å². The molecule has 9 heteroatoms.